The van der Waals surface area contributed by atoms with E-state index in [0.717, 1.165) is 5.56 Å². The normalized spacial score (nSPS) is 11.6. The zero-order valence-corrected chi connectivity index (χ0v) is 11.7. The number of Topliss-reactive ketones (excluding diaryl/α,β-unsaturated/α-hetero) is 1. The number of carbonyl (C=O) groups is 1. The SMILES string of the molecule is CC(=O)c1nc(N)oc1-c1ccc(C(C)(C)C)cc1. The maximum Gasteiger partial charge on any atom is 0.293 e. The molecule has 2 N–H and O–H groups in total. The Morgan fingerprint density at radius 3 is 2.26 bits per heavy atom. The van der Waals surface area contributed by atoms with Gasteiger partial charge in [0.2, 0.25) is 0 Å². The maximum atomic E-state index is 11.5. The molecule has 19 heavy (non-hydrogen) atoms. The molecule has 100 valence electrons. The molecule has 0 bridgehead atoms. The van der Waals surface area contributed by atoms with Crippen LogP contribution in [0.25, 0.3) is 11.3 Å². The van der Waals surface area contributed by atoms with Gasteiger partial charge in [-0.3, -0.25) is 4.79 Å². The van der Waals surface area contributed by atoms with E-state index in [2.05, 4.69) is 25.8 Å². The molecule has 0 spiro atoms. The lowest BCUT2D eigenvalue weighted by atomic mass is 9.86. The van der Waals surface area contributed by atoms with Gasteiger partial charge in [-0.05, 0) is 11.0 Å². The van der Waals surface area contributed by atoms with Crippen molar-refractivity contribution in [1.82, 2.24) is 4.98 Å². The molecule has 1 heterocycles. The second kappa shape index (κ2) is 4.53. The molecule has 0 aliphatic heterocycles. The van der Waals surface area contributed by atoms with Crippen molar-refractivity contribution in [2.75, 3.05) is 5.73 Å². The molecule has 1 aromatic heterocycles. The Kier molecular flexibility index (Phi) is 3.18. The van der Waals surface area contributed by atoms with Gasteiger partial charge in [0.15, 0.2) is 17.2 Å². The molecule has 0 aliphatic rings. The Morgan fingerprint density at radius 2 is 1.79 bits per heavy atom. The number of hydrogen-bond acceptors (Lipinski definition) is 4. The van der Waals surface area contributed by atoms with Gasteiger partial charge in [-0.2, -0.15) is 4.98 Å². The number of benzene rings is 1. The molecule has 0 saturated heterocycles. The van der Waals surface area contributed by atoms with Crippen molar-refractivity contribution in [2.24, 2.45) is 0 Å². The molecule has 2 rings (SSSR count). The van der Waals surface area contributed by atoms with Crippen molar-refractivity contribution in [2.45, 2.75) is 33.1 Å². The van der Waals surface area contributed by atoms with Crippen LogP contribution in [0.2, 0.25) is 0 Å². The Morgan fingerprint density at radius 1 is 1.21 bits per heavy atom. The fourth-order valence-electron chi connectivity index (χ4n) is 1.89. The van der Waals surface area contributed by atoms with Gasteiger partial charge < -0.3 is 10.2 Å². The van der Waals surface area contributed by atoms with Crippen molar-refractivity contribution in [3.8, 4) is 11.3 Å². The third-order valence-electron chi connectivity index (χ3n) is 2.99. The van der Waals surface area contributed by atoms with E-state index < -0.39 is 0 Å². The van der Waals surface area contributed by atoms with Crippen LogP contribution in [0.15, 0.2) is 28.7 Å². The molecule has 1 aromatic carbocycles. The lowest BCUT2D eigenvalue weighted by molar-refractivity contribution is 0.101. The second-order valence-electron chi connectivity index (χ2n) is 5.61. The summed E-state index contributed by atoms with van der Waals surface area (Å²) in [7, 11) is 0. The van der Waals surface area contributed by atoms with Gasteiger partial charge in [0, 0.05) is 12.5 Å². The number of anilines is 1. The van der Waals surface area contributed by atoms with E-state index in [9.17, 15) is 4.79 Å². The van der Waals surface area contributed by atoms with Crippen LogP contribution >= 0.6 is 0 Å². The molecular formula is C15H18N2O2. The van der Waals surface area contributed by atoms with E-state index in [1.807, 2.05) is 24.3 Å². The highest BCUT2D eigenvalue weighted by atomic mass is 16.4. The van der Waals surface area contributed by atoms with Gasteiger partial charge in [-0.15, -0.1) is 0 Å². The largest absolute Gasteiger partial charge is 0.423 e. The number of rotatable bonds is 2. The smallest absolute Gasteiger partial charge is 0.293 e. The molecule has 0 amide bonds. The third-order valence-corrected chi connectivity index (χ3v) is 2.99. The summed E-state index contributed by atoms with van der Waals surface area (Å²) in [6, 6.07) is 7.91. The molecule has 0 atom stereocenters. The molecule has 2 aromatic rings. The first-order chi connectivity index (χ1) is 8.79. The zero-order chi connectivity index (χ0) is 14.2. The average molecular weight is 258 g/mol. The summed E-state index contributed by atoms with van der Waals surface area (Å²) in [4.78, 5) is 15.4. The second-order valence-corrected chi connectivity index (χ2v) is 5.61. The van der Waals surface area contributed by atoms with E-state index in [0.29, 0.717) is 5.76 Å². The van der Waals surface area contributed by atoms with Crippen molar-refractivity contribution in [3.63, 3.8) is 0 Å². The number of hydrogen-bond donors (Lipinski definition) is 1. The number of nitrogens with zero attached hydrogens (tertiary/aromatic N) is 1. The summed E-state index contributed by atoms with van der Waals surface area (Å²) in [5.41, 5.74) is 7.91. The van der Waals surface area contributed by atoms with Gasteiger partial charge in [0.05, 0.1) is 0 Å². The molecule has 0 aliphatic carbocycles. The van der Waals surface area contributed by atoms with E-state index in [4.69, 9.17) is 10.2 Å². The minimum atomic E-state index is -0.157. The quantitative estimate of drug-likeness (QED) is 0.838. The molecule has 4 nitrogen and oxygen atoms in total. The Bertz CT molecular complexity index is 604. The van der Waals surface area contributed by atoms with Crippen LogP contribution in [0.5, 0.6) is 0 Å². The first-order valence-corrected chi connectivity index (χ1v) is 6.17. The van der Waals surface area contributed by atoms with Crippen LogP contribution in [0, 0.1) is 0 Å². The predicted molar refractivity (Wildman–Crippen MR) is 75.1 cm³/mol. The summed E-state index contributed by atoms with van der Waals surface area (Å²) < 4.78 is 5.33. The van der Waals surface area contributed by atoms with Gasteiger partial charge in [0.25, 0.3) is 6.01 Å². The number of oxazole rings is 1. The van der Waals surface area contributed by atoms with Crippen LogP contribution in [-0.4, -0.2) is 10.8 Å². The Balaban J connectivity index is 2.46. The van der Waals surface area contributed by atoms with Crippen molar-refractivity contribution >= 4 is 11.8 Å². The predicted octanol–water partition coefficient (Wildman–Crippen LogP) is 3.42. The third kappa shape index (κ3) is 2.67. The highest BCUT2D eigenvalue weighted by molar-refractivity contribution is 5.97. The van der Waals surface area contributed by atoms with Crippen molar-refractivity contribution in [1.29, 1.82) is 0 Å². The maximum absolute atomic E-state index is 11.5. The number of ketones is 1. The van der Waals surface area contributed by atoms with Crippen LogP contribution in [-0.2, 0) is 5.41 Å². The summed E-state index contributed by atoms with van der Waals surface area (Å²) in [6.07, 6.45) is 0. The summed E-state index contributed by atoms with van der Waals surface area (Å²) >= 11 is 0. The Hall–Kier alpha value is -2.10. The number of carbonyl (C=O) groups excluding carboxylic acids is 1. The number of nitrogens with two attached hydrogens (primary N) is 1. The first kappa shape index (κ1) is 13.3. The molecule has 0 saturated carbocycles. The monoisotopic (exact) mass is 258 g/mol. The first-order valence-electron chi connectivity index (χ1n) is 6.17. The van der Waals surface area contributed by atoms with Crippen molar-refractivity contribution < 1.29 is 9.21 Å². The molecule has 0 fully saturated rings. The standard InChI is InChI=1S/C15H18N2O2/c1-9(18)12-13(19-14(16)17-12)10-5-7-11(8-6-10)15(2,3)4/h5-8H,1-4H3,(H2,16,17). The summed E-state index contributed by atoms with van der Waals surface area (Å²) in [5.74, 6) is 0.279. The van der Waals surface area contributed by atoms with Crippen LogP contribution in [0.3, 0.4) is 0 Å². The molecule has 4 heteroatoms. The van der Waals surface area contributed by atoms with Gasteiger partial charge >= 0.3 is 0 Å². The van der Waals surface area contributed by atoms with Crippen molar-refractivity contribution in [3.05, 3.63) is 35.5 Å². The summed E-state index contributed by atoms with van der Waals surface area (Å²) in [6.45, 7) is 7.89. The Labute approximate surface area is 112 Å². The zero-order valence-electron chi connectivity index (χ0n) is 11.7. The van der Waals surface area contributed by atoms with Gasteiger partial charge in [0.1, 0.15) is 0 Å². The molecule has 0 unspecified atom stereocenters. The van der Waals surface area contributed by atoms with E-state index in [1.54, 1.807) is 0 Å². The fraction of sp³-hybridized carbons (Fsp3) is 0.333. The van der Waals surface area contributed by atoms with Crippen LogP contribution in [0.1, 0.15) is 43.7 Å². The highest BCUT2D eigenvalue weighted by Gasteiger charge is 2.18. The fourth-order valence-corrected chi connectivity index (χ4v) is 1.89. The summed E-state index contributed by atoms with van der Waals surface area (Å²) in [5, 5.41) is 0. The number of aromatic nitrogens is 1. The van der Waals surface area contributed by atoms with Gasteiger partial charge in [-0.25, -0.2) is 0 Å². The minimum Gasteiger partial charge on any atom is -0.423 e. The average Bonchev–Trinajstić information content (AvgIpc) is 2.70. The molecular weight excluding hydrogens is 240 g/mol. The topological polar surface area (TPSA) is 69.1 Å². The lowest BCUT2D eigenvalue weighted by Crippen LogP contribution is -2.10. The van der Waals surface area contributed by atoms with E-state index in [-0.39, 0.29) is 22.9 Å². The highest BCUT2D eigenvalue weighted by Crippen LogP contribution is 2.29. The van der Waals surface area contributed by atoms with Crippen LogP contribution in [0.4, 0.5) is 6.01 Å². The lowest BCUT2D eigenvalue weighted by Gasteiger charge is -2.18. The van der Waals surface area contributed by atoms with Gasteiger partial charge in [-0.1, -0.05) is 45.0 Å². The van der Waals surface area contributed by atoms with Crippen LogP contribution < -0.4 is 5.73 Å². The van der Waals surface area contributed by atoms with E-state index >= 15 is 0 Å². The minimum absolute atomic E-state index is 0.0140. The number of nitrogen functional groups attached to an aromatic ring is 1. The molecule has 0 radical (unpaired) electrons. The van der Waals surface area contributed by atoms with E-state index in [1.165, 1.54) is 12.5 Å².